The molecule has 0 spiro atoms. The highest BCUT2D eigenvalue weighted by Crippen LogP contribution is 2.09. The van der Waals surface area contributed by atoms with Crippen LogP contribution in [0.4, 0.5) is 0 Å². The molecule has 70 valence electrons. The lowest BCUT2D eigenvalue weighted by atomic mass is 9.95. The number of carbonyl (C=O) groups is 2. The van der Waals surface area contributed by atoms with E-state index in [1.165, 1.54) is 0 Å². The minimum absolute atomic E-state index is 0.419. The Kier molecular flexibility index (Phi) is 4.28. The Bertz CT molecular complexity index is 181. The van der Waals surface area contributed by atoms with Gasteiger partial charge in [-0.2, -0.15) is 0 Å². The van der Waals surface area contributed by atoms with Crippen molar-refractivity contribution < 1.29 is 14.7 Å². The number of primary amides is 1. The van der Waals surface area contributed by atoms with Gasteiger partial charge in [-0.3, -0.25) is 9.59 Å². The first-order chi connectivity index (χ1) is 5.50. The van der Waals surface area contributed by atoms with Crippen molar-refractivity contribution in [1.29, 1.82) is 0 Å². The largest absolute Gasteiger partial charge is 0.480 e. The highest BCUT2D eigenvalue weighted by atomic mass is 16.4. The summed E-state index contributed by atoms with van der Waals surface area (Å²) in [4.78, 5) is 21.1. The summed E-state index contributed by atoms with van der Waals surface area (Å²) in [6.07, 6.45) is 1.11. The Morgan fingerprint density at radius 2 is 2.00 bits per heavy atom. The fourth-order valence-corrected chi connectivity index (χ4v) is 0.982. The maximum absolute atomic E-state index is 10.7. The molecule has 0 heterocycles. The van der Waals surface area contributed by atoms with Crippen molar-refractivity contribution in [3.8, 4) is 0 Å². The van der Waals surface area contributed by atoms with Gasteiger partial charge < -0.3 is 16.6 Å². The monoisotopic (exact) mass is 174 g/mol. The topological polar surface area (TPSA) is 106 Å². The summed E-state index contributed by atoms with van der Waals surface area (Å²) in [7, 11) is 0. The van der Waals surface area contributed by atoms with E-state index >= 15 is 0 Å². The lowest BCUT2D eigenvalue weighted by Crippen LogP contribution is -2.44. The third kappa shape index (κ3) is 2.87. The Balaban J connectivity index is 4.28. The van der Waals surface area contributed by atoms with E-state index in [1.54, 1.807) is 0 Å². The van der Waals surface area contributed by atoms with Crippen molar-refractivity contribution in [2.24, 2.45) is 17.4 Å². The third-order valence-corrected chi connectivity index (χ3v) is 1.68. The molecule has 0 aromatic carbocycles. The summed E-state index contributed by atoms with van der Waals surface area (Å²) in [5.41, 5.74) is 10.2. The van der Waals surface area contributed by atoms with Gasteiger partial charge in [0.05, 0.1) is 5.92 Å². The first kappa shape index (κ1) is 10.9. The van der Waals surface area contributed by atoms with Crippen molar-refractivity contribution in [2.45, 2.75) is 25.8 Å². The molecule has 0 radical (unpaired) electrons. The predicted molar refractivity (Wildman–Crippen MR) is 43.2 cm³/mol. The van der Waals surface area contributed by atoms with Crippen LogP contribution in [0.3, 0.4) is 0 Å². The van der Waals surface area contributed by atoms with Crippen LogP contribution in [0.25, 0.3) is 0 Å². The number of hydrogen-bond acceptors (Lipinski definition) is 3. The van der Waals surface area contributed by atoms with Gasteiger partial charge in [0.25, 0.3) is 0 Å². The van der Waals surface area contributed by atoms with Crippen LogP contribution < -0.4 is 11.5 Å². The fourth-order valence-electron chi connectivity index (χ4n) is 0.982. The smallest absolute Gasteiger partial charge is 0.321 e. The van der Waals surface area contributed by atoms with Crippen LogP contribution >= 0.6 is 0 Å². The van der Waals surface area contributed by atoms with Crippen molar-refractivity contribution in [2.75, 3.05) is 0 Å². The van der Waals surface area contributed by atoms with Crippen molar-refractivity contribution in [1.82, 2.24) is 0 Å². The zero-order chi connectivity index (χ0) is 9.72. The Hall–Kier alpha value is -1.10. The highest BCUT2D eigenvalue weighted by molar-refractivity contribution is 5.85. The molecule has 0 aromatic rings. The molecule has 1 amide bonds. The molecule has 0 aliphatic rings. The van der Waals surface area contributed by atoms with E-state index < -0.39 is 23.8 Å². The van der Waals surface area contributed by atoms with E-state index in [9.17, 15) is 9.59 Å². The first-order valence-corrected chi connectivity index (χ1v) is 3.78. The summed E-state index contributed by atoms with van der Waals surface area (Å²) in [6, 6.07) is -1.18. The quantitative estimate of drug-likeness (QED) is 0.512. The highest BCUT2D eigenvalue weighted by Gasteiger charge is 2.27. The van der Waals surface area contributed by atoms with Crippen molar-refractivity contribution in [3.05, 3.63) is 0 Å². The fraction of sp³-hybridized carbons (Fsp3) is 0.714. The van der Waals surface area contributed by atoms with E-state index in [2.05, 4.69) is 0 Å². The van der Waals surface area contributed by atoms with Gasteiger partial charge in [-0.15, -0.1) is 0 Å². The summed E-state index contributed by atoms with van der Waals surface area (Å²) >= 11 is 0. The average molecular weight is 174 g/mol. The van der Waals surface area contributed by atoms with E-state index in [0.717, 1.165) is 0 Å². The van der Waals surface area contributed by atoms with E-state index in [1.807, 2.05) is 6.92 Å². The lowest BCUT2D eigenvalue weighted by molar-refractivity contribution is -0.142. The third-order valence-electron chi connectivity index (χ3n) is 1.68. The number of carboxylic acids is 1. The van der Waals surface area contributed by atoms with Crippen LogP contribution in [-0.4, -0.2) is 23.0 Å². The zero-order valence-electron chi connectivity index (χ0n) is 6.99. The predicted octanol–water partition coefficient (Wildman–Crippen LogP) is -0.700. The van der Waals surface area contributed by atoms with Crippen LogP contribution in [0.2, 0.25) is 0 Å². The van der Waals surface area contributed by atoms with E-state index in [0.29, 0.717) is 12.8 Å². The molecule has 0 aromatic heterocycles. The molecule has 1 unspecified atom stereocenters. The summed E-state index contributed by atoms with van der Waals surface area (Å²) in [5.74, 6) is -2.59. The normalized spacial score (nSPS) is 15.2. The van der Waals surface area contributed by atoms with Gasteiger partial charge in [-0.1, -0.05) is 13.3 Å². The SMILES string of the molecule is CCCC(C(N)=O)[C@H](N)C(=O)O. The van der Waals surface area contributed by atoms with Crippen LogP contribution in [-0.2, 0) is 9.59 Å². The minimum Gasteiger partial charge on any atom is -0.480 e. The Morgan fingerprint density at radius 1 is 1.50 bits per heavy atom. The van der Waals surface area contributed by atoms with E-state index in [-0.39, 0.29) is 0 Å². The number of nitrogens with two attached hydrogens (primary N) is 2. The molecule has 0 aliphatic heterocycles. The van der Waals surface area contributed by atoms with Crippen LogP contribution in [0.1, 0.15) is 19.8 Å². The molecule has 0 rings (SSSR count). The molecule has 5 nitrogen and oxygen atoms in total. The summed E-state index contributed by atoms with van der Waals surface area (Å²) in [6.45, 7) is 1.84. The molecule has 2 atom stereocenters. The Labute approximate surface area is 70.7 Å². The molecular formula is C7H14N2O3. The van der Waals surface area contributed by atoms with Gasteiger partial charge in [0.2, 0.25) is 5.91 Å². The molecule has 0 saturated heterocycles. The molecule has 5 N–H and O–H groups in total. The van der Waals surface area contributed by atoms with Crippen LogP contribution in [0, 0.1) is 5.92 Å². The number of carboxylic acid groups (broad SMARTS) is 1. The molecule has 12 heavy (non-hydrogen) atoms. The zero-order valence-corrected chi connectivity index (χ0v) is 6.99. The second-order valence-corrected chi connectivity index (χ2v) is 2.66. The second kappa shape index (κ2) is 4.71. The summed E-state index contributed by atoms with van der Waals surface area (Å²) < 4.78 is 0. The lowest BCUT2D eigenvalue weighted by Gasteiger charge is -2.15. The molecule has 0 saturated carbocycles. The van der Waals surface area contributed by atoms with Gasteiger partial charge in [-0.05, 0) is 6.42 Å². The van der Waals surface area contributed by atoms with E-state index in [4.69, 9.17) is 16.6 Å². The van der Waals surface area contributed by atoms with Gasteiger partial charge in [0.15, 0.2) is 0 Å². The average Bonchev–Trinajstić information content (AvgIpc) is 1.98. The van der Waals surface area contributed by atoms with Gasteiger partial charge in [-0.25, -0.2) is 0 Å². The van der Waals surface area contributed by atoms with Gasteiger partial charge >= 0.3 is 5.97 Å². The first-order valence-electron chi connectivity index (χ1n) is 3.78. The number of aliphatic carboxylic acids is 1. The molecular weight excluding hydrogens is 160 g/mol. The van der Waals surface area contributed by atoms with Gasteiger partial charge in [0, 0.05) is 0 Å². The number of rotatable bonds is 5. The standard InChI is InChI=1S/C7H14N2O3/c1-2-3-4(6(9)10)5(8)7(11)12/h4-5H,2-3,8H2,1H3,(H2,9,10)(H,11,12)/t4?,5-/m0/s1. The van der Waals surface area contributed by atoms with Gasteiger partial charge in [0.1, 0.15) is 6.04 Å². The number of amides is 1. The second-order valence-electron chi connectivity index (χ2n) is 2.66. The number of hydrogen-bond donors (Lipinski definition) is 3. The Morgan fingerprint density at radius 3 is 2.25 bits per heavy atom. The summed E-state index contributed by atoms with van der Waals surface area (Å²) in [5, 5.41) is 8.50. The van der Waals surface area contributed by atoms with Crippen LogP contribution in [0.15, 0.2) is 0 Å². The molecule has 5 heteroatoms. The van der Waals surface area contributed by atoms with Crippen molar-refractivity contribution >= 4 is 11.9 Å². The van der Waals surface area contributed by atoms with Crippen LogP contribution in [0.5, 0.6) is 0 Å². The molecule has 0 bridgehead atoms. The molecule has 0 aliphatic carbocycles. The maximum Gasteiger partial charge on any atom is 0.321 e. The van der Waals surface area contributed by atoms with Crippen molar-refractivity contribution in [3.63, 3.8) is 0 Å². The maximum atomic E-state index is 10.7. The molecule has 0 fully saturated rings. The number of carbonyl (C=O) groups excluding carboxylic acids is 1. The minimum atomic E-state index is -1.19.